The molecule has 2 fully saturated rings. The molecule has 1 amide bonds. The quantitative estimate of drug-likeness (QED) is 0.620. The number of piperazine rings is 1. The van der Waals surface area contributed by atoms with E-state index in [9.17, 15) is 18.3 Å². The van der Waals surface area contributed by atoms with E-state index >= 15 is 0 Å². The molecule has 0 saturated carbocycles. The molecular formula is C17H26N3O4S+. The number of nitrogens with one attached hydrogen (secondary N) is 2. The van der Waals surface area contributed by atoms with Crippen molar-refractivity contribution in [2.45, 2.75) is 25.4 Å². The topological polar surface area (TPSA) is 91.2 Å². The van der Waals surface area contributed by atoms with Crippen molar-refractivity contribution in [3.8, 4) is 5.75 Å². The van der Waals surface area contributed by atoms with Gasteiger partial charge in [0, 0.05) is 11.7 Å². The first-order valence-corrected chi connectivity index (χ1v) is 10.6. The molecular weight excluding hydrogens is 342 g/mol. The van der Waals surface area contributed by atoms with E-state index in [2.05, 4.69) is 10.2 Å². The molecule has 0 aliphatic carbocycles. The third-order valence-electron chi connectivity index (χ3n) is 5.21. The molecule has 2 aliphatic rings. The summed E-state index contributed by atoms with van der Waals surface area (Å²) in [5.74, 6) is 0.433. The number of quaternary nitrogens is 1. The number of benzene rings is 1. The van der Waals surface area contributed by atoms with Gasteiger partial charge in [-0.3, -0.25) is 4.79 Å². The Labute approximate surface area is 148 Å². The number of carbonyl (C=O) groups is 1. The average molecular weight is 368 g/mol. The molecule has 0 bridgehead atoms. The molecule has 138 valence electrons. The van der Waals surface area contributed by atoms with E-state index in [-0.39, 0.29) is 35.2 Å². The van der Waals surface area contributed by atoms with Crippen molar-refractivity contribution in [3.63, 3.8) is 0 Å². The van der Waals surface area contributed by atoms with Crippen LogP contribution < -0.4 is 15.1 Å². The normalized spacial score (nSPS) is 24.8. The van der Waals surface area contributed by atoms with E-state index in [4.69, 9.17) is 0 Å². The van der Waals surface area contributed by atoms with Crippen LogP contribution in [0, 0.1) is 0 Å². The monoisotopic (exact) mass is 368 g/mol. The third-order valence-corrected chi connectivity index (χ3v) is 6.97. The van der Waals surface area contributed by atoms with Crippen LogP contribution in [0.1, 0.15) is 13.3 Å². The molecule has 0 unspecified atom stereocenters. The van der Waals surface area contributed by atoms with Crippen molar-refractivity contribution in [2.24, 2.45) is 0 Å². The van der Waals surface area contributed by atoms with Crippen LogP contribution >= 0.6 is 0 Å². The third kappa shape index (κ3) is 4.43. The van der Waals surface area contributed by atoms with Crippen LogP contribution in [-0.2, 0) is 14.6 Å². The van der Waals surface area contributed by atoms with Crippen LogP contribution in [0.3, 0.4) is 0 Å². The Morgan fingerprint density at radius 1 is 1.28 bits per heavy atom. The Balaban J connectivity index is 1.50. The smallest absolute Gasteiger partial charge is 0.278 e. The predicted molar refractivity (Wildman–Crippen MR) is 95.7 cm³/mol. The van der Waals surface area contributed by atoms with E-state index in [1.54, 1.807) is 12.1 Å². The Morgan fingerprint density at radius 2 is 1.92 bits per heavy atom. The van der Waals surface area contributed by atoms with Gasteiger partial charge in [0.2, 0.25) is 0 Å². The number of rotatable bonds is 4. The summed E-state index contributed by atoms with van der Waals surface area (Å²) in [7, 11) is -2.98. The molecule has 1 aromatic rings. The van der Waals surface area contributed by atoms with E-state index in [1.807, 2.05) is 19.1 Å². The molecule has 0 radical (unpaired) electrons. The minimum atomic E-state index is -2.98. The first-order valence-electron chi connectivity index (χ1n) is 8.73. The first kappa shape index (κ1) is 18.0. The number of amides is 1. The molecule has 25 heavy (non-hydrogen) atoms. The van der Waals surface area contributed by atoms with E-state index < -0.39 is 9.84 Å². The van der Waals surface area contributed by atoms with Gasteiger partial charge in [0.15, 0.2) is 15.9 Å². The predicted octanol–water partition coefficient (Wildman–Crippen LogP) is -1.21. The summed E-state index contributed by atoms with van der Waals surface area (Å²) in [6.45, 7) is 5.28. The first-order chi connectivity index (χ1) is 11.8. The molecule has 8 heteroatoms. The molecule has 2 atom stereocenters. The number of phenolic OH excluding ortho intramolecular Hbond substituents is 1. The summed E-state index contributed by atoms with van der Waals surface area (Å²) in [5.41, 5.74) is 1.07. The highest BCUT2D eigenvalue weighted by molar-refractivity contribution is 7.91. The molecule has 1 aromatic carbocycles. The van der Waals surface area contributed by atoms with Gasteiger partial charge in [-0.15, -0.1) is 0 Å². The summed E-state index contributed by atoms with van der Waals surface area (Å²) in [6, 6.07) is 6.73. The van der Waals surface area contributed by atoms with Crippen LogP contribution in [0.25, 0.3) is 0 Å². The van der Waals surface area contributed by atoms with E-state index in [0.717, 1.165) is 31.9 Å². The Kier molecular flexibility index (Phi) is 5.19. The minimum Gasteiger partial charge on any atom is -0.508 e. The lowest BCUT2D eigenvalue weighted by Gasteiger charge is -2.36. The Hall–Kier alpha value is -1.80. The Morgan fingerprint density at radius 3 is 2.48 bits per heavy atom. The number of aromatic hydroxyl groups is 1. The van der Waals surface area contributed by atoms with Gasteiger partial charge in [-0.25, -0.2) is 8.42 Å². The fourth-order valence-corrected chi connectivity index (χ4v) is 5.24. The summed E-state index contributed by atoms with van der Waals surface area (Å²) < 4.78 is 23.0. The van der Waals surface area contributed by atoms with Gasteiger partial charge in [-0.05, 0) is 37.6 Å². The Bertz CT molecular complexity index is 712. The second-order valence-corrected chi connectivity index (χ2v) is 9.22. The number of hydrogen-bond acceptors (Lipinski definition) is 5. The highest BCUT2D eigenvalue weighted by Crippen LogP contribution is 2.18. The summed E-state index contributed by atoms with van der Waals surface area (Å²) in [6.07, 6.45) is 0.519. The molecule has 2 saturated heterocycles. The number of carbonyl (C=O) groups excluding carboxylic acids is 1. The number of nitrogens with zero attached hydrogens (tertiary/aromatic N) is 1. The lowest BCUT2D eigenvalue weighted by atomic mass is 10.1. The molecule has 7 nitrogen and oxygen atoms in total. The zero-order valence-corrected chi connectivity index (χ0v) is 15.3. The molecule has 0 aromatic heterocycles. The van der Waals surface area contributed by atoms with Gasteiger partial charge >= 0.3 is 0 Å². The van der Waals surface area contributed by atoms with Gasteiger partial charge < -0.3 is 20.2 Å². The lowest BCUT2D eigenvalue weighted by molar-refractivity contribution is -0.914. The SMILES string of the molecule is C[C@@H](C(=O)N[C@@H]1CCS(=O)(=O)C1)[NH+]1CCN(c2ccc(O)cc2)CC1. The minimum absolute atomic E-state index is 0.0600. The van der Waals surface area contributed by atoms with Gasteiger partial charge in [0.25, 0.3) is 5.91 Å². The fourth-order valence-electron chi connectivity index (χ4n) is 3.57. The van der Waals surface area contributed by atoms with Crippen LogP contribution in [-0.4, -0.2) is 69.2 Å². The molecule has 2 aliphatic heterocycles. The molecule has 2 heterocycles. The lowest BCUT2D eigenvalue weighted by Crippen LogP contribution is -3.19. The van der Waals surface area contributed by atoms with Crippen LogP contribution in [0.5, 0.6) is 5.75 Å². The maximum Gasteiger partial charge on any atom is 0.278 e. The average Bonchev–Trinajstić information content (AvgIpc) is 2.93. The maximum absolute atomic E-state index is 12.4. The van der Waals surface area contributed by atoms with Crippen molar-refractivity contribution in [3.05, 3.63) is 24.3 Å². The number of sulfone groups is 1. The summed E-state index contributed by atoms with van der Waals surface area (Å²) >= 11 is 0. The summed E-state index contributed by atoms with van der Waals surface area (Å²) in [5, 5.41) is 12.3. The number of phenols is 1. The van der Waals surface area contributed by atoms with Gasteiger partial charge in [-0.2, -0.15) is 0 Å². The standard InChI is InChI=1S/C17H25N3O4S/c1-13(17(22)18-14-6-11-25(23,24)12-14)19-7-9-20(10-8-19)15-2-4-16(21)5-3-15/h2-5,13-14,21H,6-12H2,1H3,(H,18,22)/p+1/t13-,14+/m0/s1. The van der Waals surface area contributed by atoms with E-state index in [0.29, 0.717) is 6.42 Å². The summed E-state index contributed by atoms with van der Waals surface area (Å²) in [4.78, 5) is 15.9. The van der Waals surface area contributed by atoms with Gasteiger partial charge in [0.05, 0.1) is 37.7 Å². The highest BCUT2D eigenvalue weighted by Gasteiger charge is 2.33. The maximum atomic E-state index is 12.4. The van der Waals surface area contributed by atoms with Crippen molar-refractivity contribution in [2.75, 3.05) is 42.6 Å². The molecule has 0 spiro atoms. The van der Waals surface area contributed by atoms with Crippen LogP contribution in [0.4, 0.5) is 5.69 Å². The van der Waals surface area contributed by atoms with Crippen molar-refractivity contribution in [1.29, 1.82) is 0 Å². The van der Waals surface area contributed by atoms with Gasteiger partial charge in [-0.1, -0.05) is 0 Å². The number of hydrogen-bond donors (Lipinski definition) is 3. The van der Waals surface area contributed by atoms with Crippen molar-refractivity contribution in [1.82, 2.24) is 5.32 Å². The second kappa shape index (κ2) is 7.21. The highest BCUT2D eigenvalue weighted by atomic mass is 32.2. The number of anilines is 1. The van der Waals surface area contributed by atoms with Crippen molar-refractivity contribution < 1.29 is 23.2 Å². The zero-order valence-electron chi connectivity index (χ0n) is 14.4. The largest absolute Gasteiger partial charge is 0.508 e. The van der Waals surface area contributed by atoms with E-state index in [1.165, 1.54) is 4.90 Å². The van der Waals surface area contributed by atoms with Crippen molar-refractivity contribution >= 4 is 21.4 Å². The molecule has 3 rings (SSSR count). The zero-order chi connectivity index (χ0) is 18.0. The fraction of sp³-hybridized carbons (Fsp3) is 0.588. The second-order valence-electron chi connectivity index (χ2n) is 6.99. The van der Waals surface area contributed by atoms with Crippen LogP contribution in [0.2, 0.25) is 0 Å². The molecule has 3 N–H and O–H groups in total. The van der Waals surface area contributed by atoms with Gasteiger partial charge in [0.1, 0.15) is 5.75 Å². The van der Waals surface area contributed by atoms with Crippen LogP contribution in [0.15, 0.2) is 24.3 Å².